The van der Waals surface area contributed by atoms with Crippen LogP contribution in [0.3, 0.4) is 0 Å². The summed E-state index contributed by atoms with van der Waals surface area (Å²) in [6.45, 7) is 3.82. The summed E-state index contributed by atoms with van der Waals surface area (Å²) in [4.78, 5) is 14.5. The zero-order chi connectivity index (χ0) is 13.8. The van der Waals surface area contributed by atoms with Crippen LogP contribution in [0.15, 0.2) is 6.07 Å². The van der Waals surface area contributed by atoms with Gasteiger partial charge in [-0.2, -0.15) is 5.10 Å². The van der Waals surface area contributed by atoms with Crippen molar-refractivity contribution in [2.45, 2.75) is 32.6 Å². The largest absolute Gasteiger partial charge is 0.337 e. The highest BCUT2D eigenvalue weighted by atomic mass is 79.9. The molecule has 1 unspecified atom stereocenters. The molecule has 19 heavy (non-hydrogen) atoms. The maximum atomic E-state index is 12.6. The monoisotopic (exact) mass is 327 g/mol. The summed E-state index contributed by atoms with van der Waals surface area (Å²) < 4.78 is 1.72. The van der Waals surface area contributed by atoms with Gasteiger partial charge in [0.15, 0.2) is 0 Å². The normalized spacial score (nSPS) is 19.7. The van der Waals surface area contributed by atoms with Gasteiger partial charge in [0.1, 0.15) is 5.69 Å². The van der Waals surface area contributed by atoms with Crippen molar-refractivity contribution in [3.63, 3.8) is 0 Å². The molecule has 2 heterocycles. The Labute approximate surface area is 123 Å². The lowest BCUT2D eigenvalue weighted by molar-refractivity contribution is 0.0661. The molecule has 0 spiro atoms. The van der Waals surface area contributed by atoms with Crippen molar-refractivity contribution in [3.8, 4) is 0 Å². The number of piperidine rings is 1. The molecule has 5 heteroatoms. The van der Waals surface area contributed by atoms with Gasteiger partial charge in [0, 0.05) is 25.5 Å². The van der Waals surface area contributed by atoms with Crippen LogP contribution in [0, 0.1) is 5.92 Å². The SMILES string of the molecule is CCc1cc(C(=O)N2CCCC(CCBr)C2)n(C)n1. The quantitative estimate of drug-likeness (QED) is 0.797. The molecular formula is C14H22BrN3O. The molecule has 1 amide bonds. The number of carbonyl (C=O) groups is 1. The number of halogens is 1. The molecule has 106 valence electrons. The standard InChI is InChI=1S/C14H22BrN3O/c1-3-12-9-13(17(2)16-12)14(19)18-8-4-5-11(10-18)6-7-15/h9,11H,3-8,10H2,1-2H3. The van der Waals surface area contributed by atoms with E-state index in [1.54, 1.807) is 4.68 Å². The molecule has 0 saturated carbocycles. The first kappa shape index (κ1) is 14.6. The number of amides is 1. The minimum Gasteiger partial charge on any atom is -0.337 e. The van der Waals surface area contributed by atoms with Crippen LogP contribution >= 0.6 is 15.9 Å². The van der Waals surface area contributed by atoms with Crippen LogP contribution in [0.25, 0.3) is 0 Å². The average Bonchev–Trinajstić information content (AvgIpc) is 2.80. The molecule has 0 N–H and O–H groups in total. The second-order valence-corrected chi connectivity index (χ2v) is 6.03. The smallest absolute Gasteiger partial charge is 0.272 e. The highest BCUT2D eigenvalue weighted by Gasteiger charge is 2.26. The van der Waals surface area contributed by atoms with E-state index in [-0.39, 0.29) is 5.91 Å². The third kappa shape index (κ3) is 3.38. The van der Waals surface area contributed by atoms with Gasteiger partial charge in [-0.15, -0.1) is 0 Å². The van der Waals surface area contributed by atoms with Crippen LogP contribution < -0.4 is 0 Å². The number of nitrogens with zero attached hydrogens (tertiary/aromatic N) is 3. The van der Waals surface area contributed by atoms with Crippen molar-refractivity contribution in [1.82, 2.24) is 14.7 Å². The highest BCUT2D eigenvalue weighted by Crippen LogP contribution is 2.22. The lowest BCUT2D eigenvalue weighted by atomic mass is 9.95. The van der Waals surface area contributed by atoms with E-state index >= 15 is 0 Å². The van der Waals surface area contributed by atoms with Crippen molar-refractivity contribution < 1.29 is 4.79 Å². The van der Waals surface area contributed by atoms with Gasteiger partial charge in [-0.05, 0) is 37.7 Å². The van der Waals surface area contributed by atoms with Crippen molar-refractivity contribution in [2.24, 2.45) is 13.0 Å². The summed E-state index contributed by atoms with van der Waals surface area (Å²) in [5, 5.41) is 5.38. The minimum atomic E-state index is 0.133. The first-order valence-corrected chi connectivity index (χ1v) is 8.16. The number of carbonyl (C=O) groups excluding carboxylic acids is 1. The molecule has 1 aromatic heterocycles. The Bertz CT molecular complexity index is 442. The predicted molar refractivity (Wildman–Crippen MR) is 79.6 cm³/mol. The number of aryl methyl sites for hydroxylation is 2. The van der Waals surface area contributed by atoms with Crippen molar-refractivity contribution in [2.75, 3.05) is 18.4 Å². The Kier molecular flexibility index (Phi) is 5.02. The zero-order valence-corrected chi connectivity index (χ0v) is 13.3. The molecule has 0 aliphatic carbocycles. The van der Waals surface area contributed by atoms with Gasteiger partial charge in [0.2, 0.25) is 0 Å². The molecule has 1 fully saturated rings. The number of aromatic nitrogens is 2. The van der Waals surface area contributed by atoms with E-state index in [4.69, 9.17) is 0 Å². The summed E-state index contributed by atoms with van der Waals surface area (Å²) in [6, 6.07) is 1.93. The fourth-order valence-electron chi connectivity index (χ4n) is 2.70. The first-order chi connectivity index (χ1) is 9.15. The lowest BCUT2D eigenvalue weighted by Gasteiger charge is -2.32. The summed E-state index contributed by atoms with van der Waals surface area (Å²) in [5.41, 5.74) is 1.70. The predicted octanol–water partition coefficient (Wildman–Crippen LogP) is 2.62. The van der Waals surface area contributed by atoms with Crippen LogP contribution in [0.5, 0.6) is 0 Å². The number of rotatable bonds is 4. The molecule has 0 bridgehead atoms. The third-order valence-corrected chi connectivity index (χ3v) is 4.29. The van der Waals surface area contributed by atoms with E-state index in [1.165, 1.54) is 6.42 Å². The van der Waals surface area contributed by atoms with Crippen LogP contribution in [0.4, 0.5) is 0 Å². The second-order valence-electron chi connectivity index (χ2n) is 5.24. The van der Waals surface area contributed by atoms with Gasteiger partial charge in [-0.1, -0.05) is 22.9 Å². The van der Waals surface area contributed by atoms with Crippen molar-refractivity contribution in [1.29, 1.82) is 0 Å². The number of hydrogen-bond acceptors (Lipinski definition) is 2. The fraction of sp³-hybridized carbons (Fsp3) is 0.714. The maximum Gasteiger partial charge on any atom is 0.272 e. The summed E-state index contributed by atoms with van der Waals surface area (Å²) >= 11 is 3.49. The van der Waals surface area contributed by atoms with E-state index in [9.17, 15) is 4.79 Å². The number of hydrogen-bond donors (Lipinski definition) is 0. The molecular weight excluding hydrogens is 306 g/mol. The number of likely N-dealkylation sites (tertiary alicyclic amines) is 1. The van der Waals surface area contributed by atoms with Gasteiger partial charge in [-0.3, -0.25) is 9.48 Å². The maximum absolute atomic E-state index is 12.6. The Morgan fingerprint density at radius 2 is 2.37 bits per heavy atom. The third-order valence-electron chi connectivity index (χ3n) is 3.84. The van der Waals surface area contributed by atoms with Gasteiger partial charge >= 0.3 is 0 Å². The van der Waals surface area contributed by atoms with Gasteiger partial charge in [0.05, 0.1) is 5.69 Å². The summed E-state index contributed by atoms with van der Waals surface area (Å²) in [7, 11) is 1.85. The van der Waals surface area contributed by atoms with Crippen molar-refractivity contribution >= 4 is 21.8 Å². The second kappa shape index (κ2) is 6.55. The molecule has 1 aromatic rings. The minimum absolute atomic E-state index is 0.133. The Hall–Kier alpha value is -0.840. The molecule has 4 nitrogen and oxygen atoms in total. The molecule has 1 saturated heterocycles. The highest BCUT2D eigenvalue weighted by molar-refractivity contribution is 9.09. The molecule has 0 aromatic carbocycles. The lowest BCUT2D eigenvalue weighted by Crippen LogP contribution is -2.40. The van der Waals surface area contributed by atoms with Gasteiger partial charge in [-0.25, -0.2) is 0 Å². The van der Waals surface area contributed by atoms with Crippen LogP contribution in [-0.2, 0) is 13.5 Å². The Balaban J connectivity index is 2.07. The fourth-order valence-corrected chi connectivity index (χ4v) is 3.35. The molecule has 0 radical (unpaired) electrons. The first-order valence-electron chi connectivity index (χ1n) is 7.03. The number of alkyl halides is 1. The van der Waals surface area contributed by atoms with Crippen LogP contribution in [0.1, 0.15) is 42.4 Å². The molecule has 2 rings (SSSR count). The van der Waals surface area contributed by atoms with E-state index in [1.807, 2.05) is 18.0 Å². The summed E-state index contributed by atoms with van der Waals surface area (Å²) in [6.07, 6.45) is 4.37. The average molecular weight is 328 g/mol. The van der Waals surface area contributed by atoms with Gasteiger partial charge < -0.3 is 4.90 Å². The molecule has 1 aliphatic heterocycles. The van der Waals surface area contributed by atoms with E-state index in [2.05, 4.69) is 28.0 Å². The van der Waals surface area contributed by atoms with E-state index < -0.39 is 0 Å². The summed E-state index contributed by atoms with van der Waals surface area (Å²) in [5.74, 6) is 0.768. The molecule has 1 aliphatic rings. The van der Waals surface area contributed by atoms with Crippen LogP contribution in [0.2, 0.25) is 0 Å². The van der Waals surface area contributed by atoms with Gasteiger partial charge in [0.25, 0.3) is 5.91 Å². The molecule has 1 atom stereocenters. The van der Waals surface area contributed by atoms with E-state index in [0.717, 1.165) is 49.1 Å². The van der Waals surface area contributed by atoms with Crippen molar-refractivity contribution in [3.05, 3.63) is 17.5 Å². The zero-order valence-electron chi connectivity index (χ0n) is 11.7. The Morgan fingerprint density at radius 1 is 1.58 bits per heavy atom. The topological polar surface area (TPSA) is 38.1 Å². The Morgan fingerprint density at radius 3 is 3.00 bits per heavy atom. The van der Waals surface area contributed by atoms with Crippen LogP contribution in [-0.4, -0.2) is 39.0 Å². The van der Waals surface area contributed by atoms with E-state index in [0.29, 0.717) is 5.92 Å².